The van der Waals surface area contributed by atoms with Gasteiger partial charge in [0.15, 0.2) is 0 Å². The van der Waals surface area contributed by atoms with E-state index in [1.165, 1.54) is 17.7 Å². The highest BCUT2D eigenvalue weighted by molar-refractivity contribution is 5.93. The first-order valence-electron chi connectivity index (χ1n) is 5.71. The second-order valence-electron chi connectivity index (χ2n) is 4.68. The Morgan fingerprint density at radius 2 is 1.94 bits per heavy atom. The van der Waals surface area contributed by atoms with Crippen molar-refractivity contribution in [3.8, 4) is 0 Å². The molecule has 2 aliphatic rings. The SMILES string of the molecule is Nc1c2c(nc3ccccc13)C1C=CC2C1. The Kier molecular flexibility index (Phi) is 1.38. The van der Waals surface area contributed by atoms with Gasteiger partial charge in [-0.1, -0.05) is 30.4 Å². The zero-order valence-corrected chi connectivity index (χ0v) is 8.85. The van der Waals surface area contributed by atoms with Crippen LogP contribution in [0.4, 0.5) is 5.69 Å². The highest BCUT2D eigenvalue weighted by Gasteiger charge is 2.36. The number of para-hydroxylation sites is 1. The first kappa shape index (κ1) is 8.34. The number of allylic oxidation sites excluding steroid dienone is 2. The van der Waals surface area contributed by atoms with Gasteiger partial charge in [0.25, 0.3) is 0 Å². The van der Waals surface area contributed by atoms with Gasteiger partial charge in [-0.15, -0.1) is 0 Å². The molecule has 2 N–H and O–H groups in total. The fourth-order valence-corrected chi connectivity index (χ4v) is 3.06. The number of fused-ring (bicyclic) bond motifs is 6. The molecule has 0 aliphatic heterocycles. The van der Waals surface area contributed by atoms with E-state index in [9.17, 15) is 0 Å². The molecule has 1 heterocycles. The van der Waals surface area contributed by atoms with E-state index < -0.39 is 0 Å². The Labute approximate surface area is 93.8 Å². The molecule has 0 amide bonds. The monoisotopic (exact) mass is 208 g/mol. The quantitative estimate of drug-likeness (QED) is 0.676. The van der Waals surface area contributed by atoms with Crippen molar-refractivity contribution < 1.29 is 0 Å². The lowest BCUT2D eigenvalue weighted by Gasteiger charge is -2.14. The summed E-state index contributed by atoms with van der Waals surface area (Å²) in [5.41, 5.74) is 10.7. The maximum absolute atomic E-state index is 6.28. The molecule has 16 heavy (non-hydrogen) atoms. The Morgan fingerprint density at radius 3 is 2.88 bits per heavy atom. The molecule has 4 rings (SSSR count). The zero-order valence-electron chi connectivity index (χ0n) is 8.85. The van der Waals surface area contributed by atoms with Crippen molar-refractivity contribution >= 4 is 16.6 Å². The van der Waals surface area contributed by atoms with Crippen LogP contribution in [-0.2, 0) is 0 Å². The number of hydrogen-bond acceptors (Lipinski definition) is 2. The molecule has 2 bridgehead atoms. The summed E-state index contributed by atoms with van der Waals surface area (Å²) >= 11 is 0. The first-order chi connectivity index (χ1) is 7.84. The van der Waals surface area contributed by atoms with E-state index in [0.29, 0.717) is 11.8 Å². The van der Waals surface area contributed by atoms with Gasteiger partial charge < -0.3 is 5.73 Å². The largest absolute Gasteiger partial charge is 0.398 e. The number of nitrogen functional groups attached to an aromatic ring is 1. The summed E-state index contributed by atoms with van der Waals surface area (Å²) < 4.78 is 0. The molecule has 1 aromatic heterocycles. The predicted molar refractivity (Wildman–Crippen MR) is 65.4 cm³/mol. The van der Waals surface area contributed by atoms with Crippen LogP contribution in [0, 0.1) is 0 Å². The van der Waals surface area contributed by atoms with E-state index in [1.807, 2.05) is 18.2 Å². The maximum Gasteiger partial charge on any atom is 0.0726 e. The second kappa shape index (κ2) is 2.64. The number of benzene rings is 1. The smallest absolute Gasteiger partial charge is 0.0726 e. The van der Waals surface area contributed by atoms with Gasteiger partial charge in [0, 0.05) is 28.5 Å². The average Bonchev–Trinajstić information content (AvgIpc) is 2.90. The van der Waals surface area contributed by atoms with Crippen LogP contribution < -0.4 is 5.73 Å². The number of rotatable bonds is 0. The van der Waals surface area contributed by atoms with Crippen LogP contribution >= 0.6 is 0 Å². The van der Waals surface area contributed by atoms with Crippen LogP contribution in [0.5, 0.6) is 0 Å². The van der Waals surface area contributed by atoms with E-state index in [-0.39, 0.29) is 0 Å². The highest BCUT2D eigenvalue weighted by Crippen LogP contribution is 2.50. The van der Waals surface area contributed by atoms with Gasteiger partial charge in [-0.2, -0.15) is 0 Å². The molecular weight excluding hydrogens is 196 g/mol. The van der Waals surface area contributed by atoms with Crippen molar-refractivity contribution in [2.24, 2.45) is 0 Å². The summed E-state index contributed by atoms with van der Waals surface area (Å²) in [6.45, 7) is 0. The predicted octanol–water partition coefficient (Wildman–Crippen LogP) is 2.96. The molecule has 78 valence electrons. The molecule has 2 atom stereocenters. The number of hydrogen-bond donors (Lipinski definition) is 1. The van der Waals surface area contributed by atoms with Gasteiger partial charge >= 0.3 is 0 Å². The van der Waals surface area contributed by atoms with Gasteiger partial charge in [0.2, 0.25) is 0 Å². The van der Waals surface area contributed by atoms with Gasteiger partial charge in [-0.25, -0.2) is 0 Å². The van der Waals surface area contributed by atoms with Crippen LogP contribution in [0.1, 0.15) is 29.5 Å². The third kappa shape index (κ3) is 0.854. The summed E-state index contributed by atoms with van der Waals surface area (Å²) in [6.07, 6.45) is 5.72. The second-order valence-corrected chi connectivity index (χ2v) is 4.68. The van der Waals surface area contributed by atoms with Crippen LogP contribution in [0.15, 0.2) is 36.4 Å². The third-order valence-corrected chi connectivity index (χ3v) is 3.81. The van der Waals surface area contributed by atoms with Gasteiger partial charge in [-0.3, -0.25) is 4.98 Å². The Morgan fingerprint density at radius 1 is 1.12 bits per heavy atom. The van der Waals surface area contributed by atoms with Crippen LogP contribution in [0.3, 0.4) is 0 Å². The van der Waals surface area contributed by atoms with Crippen LogP contribution in [0.25, 0.3) is 10.9 Å². The van der Waals surface area contributed by atoms with Gasteiger partial charge in [0.1, 0.15) is 0 Å². The normalized spacial score (nSPS) is 25.2. The summed E-state index contributed by atoms with van der Waals surface area (Å²) in [6, 6.07) is 8.15. The van der Waals surface area contributed by atoms with Gasteiger partial charge in [-0.05, 0) is 12.5 Å². The lowest BCUT2D eigenvalue weighted by Crippen LogP contribution is -2.03. The van der Waals surface area contributed by atoms with Crippen molar-refractivity contribution in [1.29, 1.82) is 0 Å². The Hall–Kier alpha value is -1.83. The van der Waals surface area contributed by atoms with Gasteiger partial charge in [0.05, 0.1) is 11.2 Å². The minimum Gasteiger partial charge on any atom is -0.398 e. The minimum absolute atomic E-state index is 0.506. The van der Waals surface area contributed by atoms with Crippen LogP contribution in [0.2, 0.25) is 0 Å². The minimum atomic E-state index is 0.506. The molecule has 2 heteroatoms. The standard InChI is InChI=1S/C14H12N2/c15-13-10-3-1-2-4-11(10)16-14-9-6-5-8(7-9)12(13)14/h1-6,8-9H,7H2,(H2,15,16). The molecule has 0 saturated heterocycles. The molecule has 2 unspecified atom stereocenters. The topological polar surface area (TPSA) is 38.9 Å². The third-order valence-electron chi connectivity index (χ3n) is 3.81. The van der Waals surface area contributed by atoms with Crippen molar-refractivity contribution in [1.82, 2.24) is 4.98 Å². The summed E-state index contributed by atoms with van der Waals surface area (Å²) in [5.74, 6) is 1.02. The molecule has 2 aliphatic carbocycles. The molecule has 0 radical (unpaired) electrons. The fraction of sp³-hybridized carbons (Fsp3) is 0.214. The number of nitrogens with two attached hydrogens (primary N) is 1. The molecule has 2 aromatic rings. The lowest BCUT2D eigenvalue weighted by molar-refractivity contribution is 0.797. The fourth-order valence-electron chi connectivity index (χ4n) is 3.06. The number of nitrogens with zero attached hydrogens (tertiary/aromatic N) is 1. The lowest BCUT2D eigenvalue weighted by atomic mass is 9.97. The molecule has 1 aromatic carbocycles. The Bertz CT molecular complexity index is 628. The van der Waals surface area contributed by atoms with E-state index >= 15 is 0 Å². The number of pyridine rings is 1. The van der Waals surface area contributed by atoms with Crippen molar-refractivity contribution in [3.63, 3.8) is 0 Å². The Balaban J connectivity index is 2.15. The van der Waals surface area contributed by atoms with Crippen LogP contribution in [-0.4, -0.2) is 4.98 Å². The summed E-state index contributed by atoms with van der Waals surface area (Å²) in [5, 5.41) is 1.10. The van der Waals surface area contributed by atoms with E-state index in [0.717, 1.165) is 16.6 Å². The van der Waals surface area contributed by atoms with E-state index in [4.69, 9.17) is 10.7 Å². The first-order valence-corrected chi connectivity index (χ1v) is 5.71. The molecule has 2 nitrogen and oxygen atoms in total. The molecule has 0 fully saturated rings. The summed E-state index contributed by atoms with van der Waals surface area (Å²) in [7, 11) is 0. The van der Waals surface area contributed by atoms with Crippen molar-refractivity contribution in [2.45, 2.75) is 18.3 Å². The van der Waals surface area contributed by atoms with E-state index in [2.05, 4.69) is 18.2 Å². The average molecular weight is 208 g/mol. The molecular formula is C14H12N2. The molecule has 0 saturated carbocycles. The van der Waals surface area contributed by atoms with Crippen molar-refractivity contribution in [3.05, 3.63) is 47.7 Å². The summed E-state index contributed by atoms with van der Waals surface area (Å²) in [4.78, 5) is 4.77. The van der Waals surface area contributed by atoms with E-state index in [1.54, 1.807) is 0 Å². The highest BCUT2D eigenvalue weighted by atomic mass is 14.8. The number of anilines is 1. The number of aromatic nitrogens is 1. The molecule has 0 spiro atoms. The van der Waals surface area contributed by atoms with Crippen molar-refractivity contribution in [2.75, 3.05) is 5.73 Å². The zero-order chi connectivity index (χ0) is 10.7. The maximum atomic E-state index is 6.28.